The van der Waals surface area contributed by atoms with Gasteiger partial charge in [-0.25, -0.2) is 9.67 Å². The molecule has 0 bridgehead atoms. The van der Waals surface area contributed by atoms with Crippen LogP contribution in [0.5, 0.6) is 0 Å². The van der Waals surface area contributed by atoms with E-state index >= 15 is 0 Å². The van der Waals surface area contributed by atoms with E-state index in [-0.39, 0.29) is 11.9 Å². The molecule has 166 valence electrons. The van der Waals surface area contributed by atoms with Crippen LogP contribution in [0, 0.1) is 0 Å². The van der Waals surface area contributed by atoms with Crippen LogP contribution in [0.2, 0.25) is 0 Å². The lowest BCUT2D eigenvalue weighted by molar-refractivity contribution is -0.130. The number of nitrogen functional groups attached to an aromatic ring is 1. The SMILES string of the molecule is CC(=O)N1CCC(n2nc(-c3ccc4ccc(-c5ccccc5)nc4c3)c(C=O)c2N)CC1. The van der Waals surface area contributed by atoms with Gasteiger partial charge in [-0.1, -0.05) is 48.5 Å². The largest absolute Gasteiger partial charge is 0.383 e. The molecular weight excluding hydrogens is 414 g/mol. The maximum Gasteiger partial charge on any atom is 0.219 e. The third-order valence-corrected chi connectivity index (χ3v) is 6.39. The van der Waals surface area contributed by atoms with E-state index < -0.39 is 0 Å². The Morgan fingerprint density at radius 1 is 1.03 bits per heavy atom. The molecule has 0 radical (unpaired) electrons. The molecule has 1 aliphatic heterocycles. The molecule has 1 amide bonds. The maximum absolute atomic E-state index is 12.0. The standard InChI is InChI=1S/C26H25N5O2/c1-17(33)30-13-11-21(12-14-30)31-26(27)22(16-32)25(29-31)20-8-7-19-9-10-23(28-24(19)15-20)18-5-3-2-4-6-18/h2-10,15-16,21H,11-14,27H2,1H3. The van der Waals surface area contributed by atoms with Crippen LogP contribution < -0.4 is 5.73 Å². The molecule has 1 saturated heterocycles. The van der Waals surface area contributed by atoms with Crippen LogP contribution in [0.25, 0.3) is 33.4 Å². The second-order valence-corrected chi connectivity index (χ2v) is 8.42. The number of anilines is 1. The average molecular weight is 440 g/mol. The van der Waals surface area contributed by atoms with Crippen molar-refractivity contribution in [1.29, 1.82) is 0 Å². The van der Waals surface area contributed by atoms with Crippen LogP contribution in [0.15, 0.2) is 60.7 Å². The van der Waals surface area contributed by atoms with E-state index in [0.29, 0.717) is 30.2 Å². The Kier molecular flexibility index (Phi) is 5.38. The number of likely N-dealkylation sites (tertiary alicyclic amines) is 1. The van der Waals surface area contributed by atoms with E-state index in [2.05, 4.69) is 0 Å². The van der Waals surface area contributed by atoms with Gasteiger partial charge in [0.05, 0.1) is 22.8 Å². The quantitative estimate of drug-likeness (QED) is 0.477. The van der Waals surface area contributed by atoms with Gasteiger partial charge in [0.2, 0.25) is 5.91 Å². The van der Waals surface area contributed by atoms with Crippen molar-refractivity contribution in [2.75, 3.05) is 18.8 Å². The lowest BCUT2D eigenvalue weighted by Crippen LogP contribution is -2.38. The lowest BCUT2D eigenvalue weighted by atomic mass is 10.0. The Bertz CT molecular complexity index is 1340. The molecule has 1 aliphatic rings. The highest BCUT2D eigenvalue weighted by Crippen LogP contribution is 2.33. The second kappa shape index (κ2) is 8.50. The Labute approximate surface area is 191 Å². The van der Waals surface area contributed by atoms with E-state index in [4.69, 9.17) is 15.8 Å². The van der Waals surface area contributed by atoms with Crippen LogP contribution in [-0.2, 0) is 4.79 Å². The zero-order valence-corrected chi connectivity index (χ0v) is 18.4. The second-order valence-electron chi connectivity index (χ2n) is 8.42. The monoisotopic (exact) mass is 439 g/mol. The summed E-state index contributed by atoms with van der Waals surface area (Å²) >= 11 is 0. The number of hydrogen-bond donors (Lipinski definition) is 1. The summed E-state index contributed by atoms with van der Waals surface area (Å²) in [5.74, 6) is 0.446. The number of hydrogen-bond acceptors (Lipinski definition) is 5. The summed E-state index contributed by atoms with van der Waals surface area (Å²) in [7, 11) is 0. The van der Waals surface area contributed by atoms with Crippen molar-refractivity contribution >= 4 is 28.9 Å². The zero-order chi connectivity index (χ0) is 22.9. The van der Waals surface area contributed by atoms with E-state index in [9.17, 15) is 9.59 Å². The van der Waals surface area contributed by atoms with Crippen LogP contribution >= 0.6 is 0 Å². The third-order valence-electron chi connectivity index (χ3n) is 6.39. The fourth-order valence-electron chi connectivity index (χ4n) is 4.53. The highest BCUT2D eigenvalue weighted by molar-refractivity contribution is 5.94. The topological polar surface area (TPSA) is 94.1 Å². The minimum absolute atomic E-state index is 0.0521. The van der Waals surface area contributed by atoms with Gasteiger partial charge in [0.25, 0.3) is 0 Å². The molecule has 0 spiro atoms. The average Bonchev–Trinajstić information content (AvgIpc) is 3.20. The Hall–Kier alpha value is -4.00. The number of pyridine rings is 1. The first kappa shape index (κ1) is 20.9. The molecular formula is C26H25N5O2. The number of rotatable bonds is 4. The van der Waals surface area contributed by atoms with Crippen LogP contribution in [0.3, 0.4) is 0 Å². The van der Waals surface area contributed by atoms with Crippen molar-refractivity contribution in [3.63, 3.8) is 0 Å². The smallest absolute Gasteiger partial charge is 0.219 e. The normalized spacial score (nSPS) is 14.5. The Balaban J connectivity index is 1.52. The van der Waals surface area contributed by atoms with Crippen LogP contribution in [0.4, 0.5) is 5.82 Å². The predicted octanol–water partition coefficient (Wildman–Crippen LogP) is 4.34. The minimum atomic E-state index is 0.0521. The van der Waals surface area contributed by atoms with Crippen LogP contribution in [-0.4, -0.2) is 44.9 Å². The molecule has 0 aliphatic carbocycles. The number of fused-ring (bicyclic) bond motifs is 1. The van der Waals surface area contributed by atoms with Crippen molar-refractivity contribution in [3.8, 4) is 22.5 Å². The van der Waals surface area contributed by atoms with Gasteiger partial charge in [-0.2, -0.15) is 5.10 Å². The first-order valence-corrected chi connectivity index (χ1v) is 11.1. The molecule has 2 aromatic heterocycles. The first-order valence-electron chi connectivity index (χ1n) is 11.1. The summed E-state index contributed by atoms with van der Waals surface area (Å²) in [6.45, 7) is 2.91. The number of aromatic nitrogens is 3. The van der Waals surface area contributed by atoms with Crippen molar-refractivity contribution in [1.82, 2.24) is 19.7 Å². The number of nitrogens with zero attached hydrogens (tertiary/aromatic N) is 4. The Morgan fingerprint density at radius 3 is 2.45 bits per heavy atom. The summed E-state index contributed by atoms with van der Waals surface area (Å²) < 4.78 is 1.76. The summed E-state index contributed by atoms with van der Waals surface area (Å²) in [5.41, 5.74) is 10.9. The predicted molar refractivity (Wildman–Crippen MR) is 129 cm³/mol. The van der Waals surface area contributed by atoms with Gasteiger partial charge < -0.3 is 10.6 Å². The molecule has 3 heterocycles. The van der Waals surface area contributed by atoms with E-state index in [1.165, 1.54) is 0 Å². The summed E-state index contributed by atoms with van der Waals surface area (Å²) in [5, 5.41) is 5.77. The minimum Gasteiger partial charge on any atom is -0.383 e. The van der Waals surface area contributed by atoms with Gasteiger partial charge in [0.1, 0.15) is 11.5 Å². The molecule has 7 nitrogen and oxygen atoms in total. The number of benzene rings is 2. The van der Waals surface area contributed by atoms with Gasteiger partial charge in [-0.15, -0.1) is 0 Å². The maximum atomic E-state index is 12.0. The van der Waals surface area contributed by atoms with Gasteiger partial charge in [0.15, 0.2) is 6.29 Å². The molecule has 5 rings (SSSR count). The number of aldehydes is 1. The summed E-state index contributed by atoms with van der Waals surface area (Å²) in [6, 6.07) is 20.0. The van der Waals surface area contributed by atoms with Gasteiger partial charge in [0, 0.05) is 36.5 Å². The number of nitrogens with two attached hydrogens (primary N) is 1. The molecule has 2 aromatic carbocycles. The highest BCUT2D eigenvalue weighted by Gasteiger charge is 2.27. The molecule has 7 heteroatoms. The molecule has 1 fully saturated rings. The van der Waals surface area contributed by atoms with Crippen molar-refractivity contribution < 1.29 is 9.59 Å². The zero-order valence-electron chi connectivity index (χ0n) is 18.4. The van der Waals surface area contributed by atoms with E-state index in [1.54, 1.807) is 11.6 Å². The third kappa shape index (κ3) is 3.86. The first-order chi connectivity index (χ1) is 16.0. The summed E-state index contributed by atoms with van der Waals surface area (Å²) in [6.07, 6.45) is 2.28. The number of amides is 1. The van der Waals surface area contributed by atoms with Crippen molar-refractivity contribution in [2.24, 2.45) is 0 Å². The number of piperidine rings is 1. The number of carbonyl (C=O) groups is 2. The molecule has 33 heavy (non-hydrogen) atoms. The Morgan fingerprint density at radius 2 is 1.76 bits per heavy atom. The lowest BCUT2D eigenvalue weighted by Gasteiger charge is -2.31. The molecule has 0 saturated carbocycles. The molecule has 2 N–H and O–H groups in total. The fraction of sp³-hybridized carbons (Fsp3) is 0.231. The molecule has 4 aromatic rings. The van der Waals surface area contributed by atoms with Crippen LogP contribution in [0.1, 0.15) is 36.2 Å². The fourth-order valence-corrected chi connectivity index (χ4v) is 4.53. The summed E-state index contributed by atoms with van der Waals surface area (Å²) in [4.78, 5) is 30.3. The van der Waals surface area contributed by atoms with E-state index in [1.807, 2.05) is 65.6 Å². The van der Waals surface area contributed by atoms with Gasteiger partial charge >= 0.3 is 0 Å². The molecule has 0 atom stereocenters. The van der Waals surface area contributed by atoms with Crippen molar-refractivity contribution in [2.45, 2.75) is 25.8 Å². The van der Waals surface area contributed by atoms with E-state index in [0.717, 1.165) is 46.9 Å². The number of carbonyl (C=O) groups excluding carboxylic acids is 2. The van der Waals surface area contributed by atoms with Gasteiger partial charge in [-0.05, 0) is 25.0 Å². The highest BCUT2D eigenvalue weighted by atomic mass is 16.2. The van der Waals surface area contributed by atoms with Gasteiger partial charge in [-0.3, -0.25) is 9.59 Å². The van der Waals surface area contributed by atoms with Crippen molar-refractivity contribution in [3.05, 3.63) is 66.2 Å². The molecule has 0 unspecified atom stereocenters.